The van der Waals surface area contributed by atoms with E-state index >= 15 is 0 Å². The fourth-order valence-electron chi connectivity index (χ4n) is 1.94. The van der Waals surface area contributed by atoms with Gasteiger partial charge in [0.1, 0.15) is 11.9 Å². The maximum absolute atomic E-state index is 11.7. The van der Waals surface area contributed by atoms with Crippen molar-refractivity contribution < 1.29 is 14.4 Å². The molecule has 1 aromatic heterocycles. The van der Waals surface area contributed by atoms with Gasteiger partial charge >= 0.3 is 5.69 Å². The van der Waals surface area contributed by atoms with Crippen molar-refractivity contribution in [1.82, 2.24) is 14.9 Å². The number of nitro benzene ring substituents is 1. The third-order valence-corrected chi connectivity index (χ3v) is 3.20. The molecule has 2 rings (SSSR count). The van der Waals surface area contributed by atoms with Crippen molar-refractivity contribution in [2.75, 3.05) is 13.2 Å². The van der Waals surface area contributed by atoms with Crippen LogP contribution < -0.4 is 15.0 Å². The summed E-state index contributed by atoms with van der Waals surface area (Å²) in [6, 6.07) is 2.68. The second-order valence-corrected chi connectivity index (χ2v) is 4.94. The Balaban J connectivity index is 2.56. The Morgan fingerprint density at radius 1 is 1.36 bits per heavy atom. The van der Waals surface area contributed by atoms with Crippen molar-refractivity contribution in [1.29, 1.82) is 0 Å². The van der Waals surface area contributed by atoms with Crippen LogP contribution in [0, 0.1) is 14.9 Å². The van der Waals surface area contributed by atoms with Crippen LogP contribution in [0.3, 0.4) is 0 Å². The van der Waals surface area contributed by atoms with Gasteiger partial charge in [-0.1, -0.05) is 0 Å². The van der Waals surface area contributed by atoms with E-state index in [0.717, 1.165) is 10.9 Å². The van der Waals surface area contributed by atoms with E-state index in [1.54, 1.807) is 13.8 Å². The number of benzene rings is 1. The number of ether oxygens (including phenoxy) is 2. The number of nitrogens with one attached hydrogen (secondary N) is 1. The summed E-state index contributed by atoms with van der Waals surface area (Å²) in [5.41, 5.74) is -0.479. The number of rotatable bonds is 7. The summed E-state index contributed by atoms with van der Waals surface area (Å²) in [7, 11) is 0. The highest BCUT2D eigenvalue weighted by molar-refractivity contribution is 7.71. The molecule has 0 spiro atoms. The van der Waals surface area contributed by atoms with Gasteiger partial charge in [0, 0.05) is 17.7 Å². The zero-order valence-electron chi connectivity index (χ0n) is 13.5. The van der Waals surface area contributed by atoms with Gasteiger partial charge in [-0.15, -0.1) is 0 Å². The molecule has 0 aliphatic rings. The quantitative estimate of drug-likeness (QED) is 0.344. The number of H-pyrrole nitrogens is 1. The van der Waals surface area contributed by atoms with Gasteiger partial charge in [0.05, 0.1) is 24.4 Å². The lowest BCUT2D eigenvalue weighted by Gasteiger charge is -2.10. The van der Waals surface area contributed by atoms with E-state index in [9.17, 15) is 14.9 Å². The van der Waals surface area contributed by atoms with Gasteiger partial charge in [-0.2, -0.15) is 14.9 Å². The summed E-state index contributed by atoms with van der Waals surface area (Å²) in [6.07, 6.45) is 2.26. The van der Waals surface area contributed by atoms with Gasteiger partial charge in [0.25, 0.3) is 5.56 Å². The molecule has 0 unspecified atom stereocenters. The minimum absolute atomic E-state index is 0.0119. The molecule has 0 atom stereocenters. The first kappa shape index (κ1) is 18.3. The lowest BCUT2D eigenvalue weighted by atomic mass is 10.1. The average molecular weight is 365 g/mol. The summed E-state index contributed by atoms with van der Waals surface area (Å²) in [6.45, 7) is 4.09. The van der Waals surface area contributed by atoms with Gasteiger partial charge in [0.2, 0.25) is 10.5 Å². The zero-order chi connectivity index (χ0) is 18.4. The summed E-state index contributed by atoms with van der Waals surface area (Å²) >= 11 is 4.93. The van der Waals surface area contributed by atoms with Gasteiger partial charge in [-0.05, 0) is 26.1 Å². The van der Waals surface area contributed by atoms with Gasteiger partial charge in [-0.3, -0.25) is 20.0 Å². The van der Waals surface area contributed by atoms with E-state index in [4.69, 9.17) is 21.7 Å². The van der Waals surface area contributed by atoms with Crippen LogP contribution in [0.5, 0.6) is 11.5 Å². The van der Waals surface area contributed by atoms with Crippen LogP contribution in [-0.2, 0) is 0 Å². The summed E-state index contributed by atoms with van der Waals surface area (Å²) in [5, 5.41) is 21.2. The van der Waals surface area contributed by atoms with Crippen LogP contribution in [0.4, 0.5) is 5.69 Å². The van der Waals surface area contributed by atoms with Crippen LogP contribution in [0.15, 0.2) is 28.2 Å². The molecule has 132 valence electrons. The monoisotopic (exact) mass is 365 g/mol. The second kappa shape index (κ2) is 8.15. The minimum atomic E-state index is -0.567. The van der Waals surface area contributed by atoms with Crippen molar-refractivity contribution in [3.8, 4) is 11.5 Å². The van der Waals surface area contributed by atoms with Crippen molar-refractivity contribution in [2.24, 2.45) is 5.10 Å². The SMILES string of the molecule is CCOc1cc(OCC)c([N+](=O)[O-])cc1/C=N\n1c(=O)cn[nH]c1=S. The summed E-state index contributed by atoms with van der Waals surface area (Å²) < 4.78 is 11.7. The smallest absolute Gasteiger partial charge is 0.311 e. The number of aromatic nitrogens is 3. The maximum atomic E-state index is 11.7. The zero-order valence-corrected chi connectivity index (χ0v) is 14.3. The molecule has 11 heteroatoms. The van der Waals surface area contributed by atoms with Crippen molar-refractivity contribution in [2.45, 2.75) is 13.8 Å². The van der Waals surface area contributed by atoms with Gasteiger partial charge < -0.3 is 9.47 Å². The Kier molecular flexibility index (Phi) is 5.95. The molecule has 10 nitrogen and oxygen atoms in total. The van der Waals surface area contributed by atoms with Crippen LogP contribution >= 0.6 is 12.2 Å². The molecule has 0 fully saturated rings. The first-order valence-corrected chi connectivity index (χ1v) is 7.67. The Morgan fingerprint density at radius 3 is 2.64 bits per heavy atom. The first-order valence-electron chi connectivity index (χ1n) is 7.27. The lowest BCUT2D eigenvalue weighted by Crippen LogP contribution is -2.18. The van der Waals surface area contributed by atoms with E-state index < -0.39 is 10.5 Å². The number of aromatic amines is 1. The van der Waals surface area contributed by atoms with Crippen molar-refractivity contribution in [3.05, 3.63) is 49.1 Å². The third-order valence-electron chi connectivity index (χ3n) is 2.94. The Labute approximate surface area is 146 Å². The fraction of sp³-hybridized carbons (Fsp3) is 0.286. The molecule has 0 bridgehead atoms. The van der Waals surface area contributed by atoms with Crippen molar-refractivity contribution in [3.63, 3.8) is 0 Å². The van der Waals surface area contributed by atoms with E-state index in [1.807, 2.05) is 0 Å². The highest BCUT2D eigenvalue weighted by atomic mass is 32.1. The fourth-order valence-corrected chi connectivity index (χ4v) is 2.13. The molecule has 0 radical (unpaired) electrons. The third kappa shape index (κ3) is 4.26. The molecule has 0 aliphatic carbocycles. The minimum Gasteiger partial charge on any atom is -0.493 e. The first-order chi connectivity index (χ1) is 12.0. The van der Waals surface area contributed by atoms with E-state index in [1.165, 1.54) is 18.3 Å². The number of hydrogen-bond donors (Lipinski definition) is 1. The van der Waals surface area contributed by atoms with Gasteiger partial charge in [-0.25, -0.2) is 0 Å². The highest BCUT2D eigenvalue weighted by Gasteiger charge is 2.19. The molecule has 1 heterocycles. The maximum Gasteiger partial charge on any atom is 0.311 e. The van der Waals surface area contributed by atoms with Crippen molar-refractivity contribution >= 4 is 24.1 Å². The lowest BCUT2D eigenvalue weighted by molar-refractivity contribution is -0.385. The molecule has 0 aliphatic heterocycles. The molecule has 0 saturated heterocycles. The largest absolute Gasteiger partial charge is 0.493 e. The Hall–Kier alpha value is -3.08. The predicted molar refractivity (Wildman–Crippen MR) is 92.1 cm³/mol. The molecule has 25 heavy (non-hydrogen) atoms. The molecule has 1 N–H and O–H groups in total. The molecular weight excluding hydrogens is 350 g/mol. The molecule has 0 amide bonds. The topological polar surface area (TPSA) is 125 Å². The van der Waals surface area contributed by atoms with Crippen LogP contribution in [0.25, 0.3) is 0 Å². The van der Waals surface area contributed by atoms with Crippen LogP contribution in [-0.4, -0.2) is 39.2 Å². The van der Waals surface area contributed by atoms with E-state index in [-0.39, 0.29) is 22.8 Å². The predicted octanol–water partition coefficient (Wildman–Crippen LogP) is 1.89. The summed E-state index contributed by atoms with van der Waals surface area (Å²) in [4.78, 5) is 22.4. The number of nitro groups is 1. The molecule has 1 aromatic carbocycles. The van der Waals surface area contributed by atoms with Gasteiger partial charge in [0.15, 0.2) is 0 Å². The van der Waals surface area contributed by atoms with Crippen LogP contribution in [0.2, 0.25) is 0 Å². The van der Waals surface area contributed by atoms with E-state index in [2.05, 4.69) is 15.3 Å². The highest BCUT2D eigenvalue weighted by Crippen LogP contribution is 2.34. The molecule has 0 saturated carbocycles. The van der Waals surface area contributed by atoms with Crippen LogP contribution in [0.1, 0.15) is 19.4 Å². The average Bonchev–Trinajstić information content (AvgIpc) is 2.56. The summed E-state index contributed by atoms with van der Waals surface area (Å²) in [5.74, 6) is 0.420. The molecular formula is C14H15N5O5S. The molecule has 2 aromatic rings. The Bertz CT molecular complexity index is 892. The number of hydrogen-bond acceptors (Lipinski definition) is 8. The normalized spacial score (nSPS) is 10.8. The number of nitrogens with zero attached hydrogens (tertiary/aromatic N) is 4. The van der Waals surface area contributed by atoms with E-state index in [0.29, 0.717) is 17.9 Å². The Morgan fingerprint density at radius 2 is 2.04 bits per heavy atom. The standard InChI is InChI=1S/C14H15N5O5S/c1-3-23-11-6-12(24-4-2)10(19(21)22)5-9(11)7-16-18-13(20)8-15-17-14(18)25/h5-8H,3-4H2,1-2H3,(H,17,25)/b16-7-. The second-order valence-electron chi connectivity index (χ2n) is 4.55.